The van der Waals surface area contributed by atoms with E-state index in [2.05, 4.69) is 37.2 Å². The number of hydrogen-bond donors (Lipinski definition) is 2. The van der Waals surface area contributed by atoms with Crippen molar-refractivity contribution >= 4 is 49.4 Å². The highest BCUT2D eigenvalue weighted by Gasteiger charge is 2.15. The molecule has 0 aliphatic rings. The van der Waals surface area contributed by atoms with Crippen molar-refractivity contribution in [2.45, 2.75) is 6.92 Å². The molecule has 2 rings (SSSR count). The smallest absolute Gasteiger partial charge is 0.336 e. The third-order valence-corrected chi connectivity index (χ3v) is 4.17. The van der Waals surface area contributed by atoms with Crippen LogP contribution < -0.4 is 5.32 Å². The van der Waals surface area contributed by atoms with Gasteiger partial charge in [0.25, 0.3) is 5.91 Å². The zero-order valence-corrected chi connectivity index (χ0v) is 14.2. The second kappa shape index (κ2) is 6.41. The van der Waals surface area contributed by atoms with Crippen molar-refractivity contribution in [3.63, 3.8) is 0 Å². The molecule has 0 saturated heterocycles. The van der Waals surface area contributed by atoms with Crippen molar-refractivity contribution in [3.8, 4) is 0 Å². The van der Waals surface area contributed by atoms with Gasteiger partial charge in [0.05, 0.1) is 11.1 Å². The lowest BCUT2D eigenvalue weighted by molar-refractivity contribution is 0.0695. The van der Waals surface area contributed by atoms with Crippen LogP contribution in [0, 0.1) is 6.92 Å². The molecule has 0 atom stereocenters. The maximum Gasteiger partial charge on any atom is 0.336 e. The van der Waals surface area contributed by atoms with Crippen LogP contribution in [-0.4, -0.2) is 17.0 Å². The Bertz CT molecular complexity index is 729. The van der Waals surface area contributed by atoms with E-state index in [-0.39, 0.29) is 11.5 Å². The van der Waals surface area contributed by atoms with Crippen LogP contribution >= 0.6 is 31.9 Å². The molecule has 1 amide bonds. The largest absolute Gasteiger partial charge is 0.478 e. The zero-order valence-electron chi connectivity index (χ0n) is 11.0. The first kappa shape index (κ1) is 15.7. The van der Waals surface area contributed by atoms with E-state index in [4.69, 9.17) is 5.11 Å². The van der Waals surface area contributed by atoms with Gasteiger partial charge >= 0.3 is 5.97 Å². The Labute approximate surface area is 138 Å². The van der Waals surface area contributed by atoms with Gasteiger partial charge in [0.1, 0.15) is 0 Å². The highest BCUT2D eigenvalue weighted by Crippen LogP contribution is 2.24. The molecular weight excluding hydrogens is 402 g/mol. The molecular formula is C15H11Br2NO3. The zero-order chi connectivity index (χ0) is 15.6. The molecule has 2 N–H and O–H groups in total. The van der Waals surface area contributed by atoms with Crippen molar-refractivity contribution in [2.24, 2.45) is 0 Å². The molecule has 2 aromatic carbocycles. The summed E-state index contributed by atoms with van der Waals surface area (Å²) in [6, 6.07) is 10.0. The van der Waals surface area contributed by atoms with E-state index in [1.165, 1.54) is 6.07 Å². The van der Waals surface area contributed by atoms with Gasteiger partial charge in [0.15, 0.2) is 0 Å². The Kier molecular flexibility index (Phi) is 4.80. The molecule has 6 heteroatoms. The Balaban J connectivity index is 2.34. The molecule has 21 heavy (non-hydrogen) atoms. The molecule has 0 spiro atoms. The Morgan fingerprint density at radius 2 is 1.81 bits per heavy atom. The van der Waals surface area contributed by atoms with Gasteiger partial charge in [-0.1, -0.05) is 22.0 Å². The third-order valence-electron chi connectivity index (χ3n) is 2.99. The van der Waals surface area contributed by atoms with Crippen molar-refractivity contribution in [1.29, 1.82) is 0 Å². The number of carboxylic acids is 1. The summed E-state index contributed by atoms with van der Waals surface area (Å²) in [6.07, 6.45) is 0. The van der Waals surface area contributed by atoms with E-state index in [1.54, 1.807) is 31.2 Å². The lowest BCUT2D eigenvalue weighted by Gasteiger charge is -2.11. The highest BCUT2D eigenvalue weighted by atomic mass is 79.9. The molecule has 2 aromatic rings. The third kappa shape index (κ3) is 3.51. The van der Waals surface area contributed by atoms with E-state index in [0.29, 0.717) is 21.3 Å². The molecule has 108 valence electrons. The molecule has 0 unspecified atom stereocenters. The van der Waals surface area contributed by atoms with Crippen LogP contribution in [0.5, 0.6) is 0 Å². The number of amides is 1. The quantitative estimate of drug-likeness (QED) is 0.781. The van der Waals surface area contributed by atoms with Crippen molar-refractivity contribution in [1.82, 2.24) is 0 Å². The normalized spacial score (nSPS) is 10.2. The number of aromatic carboxylic acids is 1. The van der Waals surface area contributed by atoms with E-state index >= 15 is 0 Å². The lowest BCUT2D eigenvalue weighted by Crippen LogP contribution is -2.14. The Morgan fingerprint density at radius 3 is 2.48 bits per heavy atom. The van der Waals surface area contributed by atoms with Gasteiger partial charge in [-0.15, -0.1) is 0 Å². The first-order valence-electron chi connectivity index (χ1n) is 5.99. The second-order valence-corrected chi connectivity index (χ2v) is 6.13. The van der Waals surface area contributed by atoms with Gasteiger partial charge in [0, 0.05) is 14.6 Å². The molecule has 0 radical (unpaired) electrons. The number of carboxylic acid groups (broad SMARTS) is 1. The molecule has 4 nitrogen and oxygen atoms in total. The van der Waals surface area contributed by atoms with E-state index in [1.807, 2.05) is 6.07 Å². The van der Waals surface area contributed by atoms with E-state index < -0.39 is 5.97 Å². The number of benzene rings is 2. The number of rotatable bonds is 3. The maximum absolute atomic E-state index is 12.3. The fourth-order valence-corrected chi connectivity index (χ4v) is 2.65. The summed E-state index contributed by atoms with van der Waals surface area (Å²) < 4.78 is 1.45. The number of anilines is 1. The van der Waals surface area contributed by atoms with Crippen LogP contribution in [0.4, 0.5) is 5.69 Å². The summed E-state index contributed by atoms with van der Waals surface area (Å²) in [4.78, 5) is 23.4. The number of carbonyl (C=O) groups is 2. The lowest BCUT2D eigenvalue weighted by atomic mass is 10.1. The number of nitrogens with one attached hydrogen (secondary N) is 1. The minimum Gasteiger partial charge on any atom is -0.478 e. The molecule has 0 aromatic heterocycles. The van der Waals surface area contributed by atoms with Crippen molar-refractivity contribution in [2.75, 3.05) is 5.32 Å². The summed E-state index contributed by atoms with van der Waals surface area (Å²) in [6.45, 7) is 1.66. The minimum absolute atomic E-state index is 0.168. The average molecular weight is 413 g/mol. The van der Waals surface area contributed by atoms with Crippen LogP contribution in [-0.2, 0) is 0 Å². The fraction of sp³-hybridized carbons (Fsp3) is 0.0667. The molecule has 0 bridgehead atoms. The SMILES string of the molecule is Cc1c(NC(=O)c2cc(Br)ccc2Br)cccc1C(=O)O. The van der Waals surface area contributed by atoms with Crippen LogP contribution in [0.1, 0.15) is 26.3 Å². The van der Waals surface area contributed by atoms with Crippen LogP contribution in [0.3, 0.4) is 0 Å². The van der Waals surface area contributed by atoms with E-state index in [9.17, 15) is 9.59 Å². The van der Waals surface area contributed by atoms with Crippen LogP contribution in [0.15, 0.2) is 45.3 Å². The van der Waals surface area contributed by atoms with Crippen LogP contribution in [0.25, 0.3) is 0 Å². The van der Waals surface area contributed by atoms with Gasteiger partial charge in [0.2, 0.25) is 0 Å². The number of carbonyl (C=O) groups excluding carboxylic acids is 1. The van der Waals surface area contributed by atoms with Gasteiger partial charge < -0.3 is 10.4 Å². The van der Waals surface area contributed by atoms with Crippen molar-refractivity contribution in [3.05, 3.63) is 62.0 Å². The summed E-state index contributed by atoms with van der Waals surface area (Å²) >= 11 is 6.64. The van der Waals surface area contributed by atoms with Crippen molar-refractivity contribution < 1.29 is 14.7 Å². The predicted octanol–water partition coefficient (Wildman–Crippen LogP) is 4.47. The Hall–Kier alpha value is -1.66. The Morgan fingerprint density at radius 1 is 1.10 bits per heavy atom. The summed E-state index contributed by atoms with van der Waals surface area (Å²) in [7, 11) is 0. The van der Waals surface area contributed by atoms with E-state index in [0.717, 1.165) is 4.47 Å². The summed E-state index contributed by atoms with van der Waals surface area (Å²) in [5.41, 5.74) is 1.63. The van der Waals surface area contributed by atoms with Gasteiger partial charge in [-0.05, 0) is 58.7 Å². The monoisotopic (exact) mass is 411 g/mol. The first-order valence-corrected chi connectivity index (χ1v) is 7.58. The summed E-state index contributed by atoms with van der Waals surface area (Å²) in [5.74, 6) is -1.33. The average Bonchev–Trinajstić information content (AvgIpc) is 2.43. The molecule has 0 heterocycles. The number of halogens is 2. The van der Waals surface area contributed by atoms with Gasteiger partial charge in [-0.2, -0.15) is 0 Å². The topological polar surface area (TPSA) is 66.4 Å². The minimum atomic E-state index is -1.02. The van der Waals surface area contributed by atoms with Gasteiger partial charge in [-0.3, -0.25) is 4.79 Å². The predicted molar refractivity (Wildman–Crippen MR) is 87.9 cm³/mol. The molecule has 0 aliphatic heterocycles. The number of hydrogen-bond acceptors (Lipinski definition) is 2. The molecule has 0 fully saturated rings. The fourth-order valence-electron chi connectivity index (χ4n) is 1.86. The summed E-state index contributed by atoms with van der Waals surface area (Å²) in [5, 5.41) is 11.8. The van der Waals surface area contributed by atoms with Gasteiger partial charge in [-0.25, -0.2) is 4.79 Å². The standard InChI is InChI=1S/C15H11Br2NO3/c1-8-10(15(20)21)3-2-4-13(8)18-14(19)11-7-9(16)5-6-12(11)17/h2-7H,1H3,(H,18,19)(H,20,21). The molecule has 0 aliphatic carbocycles. The molecule has 0 saturated carbocycles. The first-order chi connectivity index (χ1) is 9.90. The second-order valence-electron chi connectivity index (χ2n) is 4.36. The highest BCUT2D eigenvalue weighted by molar-refractivity contribution is 9.11. The maximum atomic E-state index is 12.3. The van der Waals surface area contributed by atoms with Crippen LogP contribution in [0.2, 0.25) is 0 Å².